The molecule has 36 heavy (non-hydrogen) atoms. The van der Waals surface area contributed by atoms with Crippen molar-refractivity contribution in [2.24, 2.45) is 0 Å². The Morgan fingerprint density at radius 1 is 1.11 bits per heavy atom. The van der Waals surface area contributed by atoms with Crippen LogP contribution in [0.1, 0.15) is 44.1 Å². The molecule has 3 aliphatic carbocycles. The predicted octanol–water partition coefficient (Wildman–Crippen LogP) is 3.44. The maximum Gasteiger partial charge on any atom is 0.261 e. The zero-order valence-electron chi connectivity index (χ0n) is 19.5. The van der Waals surface area contributed by atoms with Gasteiger partial charge in [-0.1, -0.05) is 11.6 Å². The van der Waals surface area contributed by atoms with Gasteiger partial charge in [0.15, 0.2) is 12.7 Å². The second-order valence-electron chi connectivity index (χ2n) is 9.96. The van der Waals surface area contributed by atoms with Crippen molar-refractivity contribution < 1.29 is 33.0 Å². The number of nitrogens with one attached hydrogen (secondary N) is 2. The Balaban J connectivity index is 1.16. The predicted molar refractivity (Wildman–Crippen MR) is 127 cm³/mol. The number of hydrogen-bond acceptors (Lipinski definition) is 5. The van der Waals surface area contributed by atoms with Crippen LogP contribution in [0.5, 0.6) is 11.5 Å². The number of halogens is 3. The van der Waals surface area contributed by atoms with Gasteiger partial charge in [0.05, 0.1) is 16.7 Å². The number of rotatable bonds is 6. The normalized spacial score (nSPS) is 28.6. The molecule has 10 heteroatoms. The van der Waals surface area contributed by atoms with Crippen molar-refractivity contribution >= 4 is 23.4 Å². The van der Waals surface area contributed by atoms with Gasteiger partial charge in [-0.2, -0.15) is 0 Å². The minimum atomic E-state index is -0.847. The second kappa shape index (κ2) is 9.52. The molecule has 2 amide bonds. The monoisotopic (exact) mass is 520 g/mol. The number of carbonyl (C=O) groups excluding carboxylic acids is 2. The molecule has 2 aromatic carbocycles. The Bertz CT molecular complexity index is 1180. The fourth-order valence-corrected chi connectivity index (χ4v) is 5.69. The highest BCUT2D eigenvalue weighted by molar-refractivity contribution is 6.30. The molecule has 1 aliphatic heterocycles. The van der Waals surface area contributed by atoms with Crippen molar-refractivity contribution in [2.45, 2.75) is 68.2 Å². The van der Waals surface area contributed by atoms with Crippen molar-refractivity contribution in [1.82, 2.24) is 10.6 Å². The lowest BCUT2D eigenvalue weighted by molar-refractivity contribution is -0.140. The number of carbonyl (C=O) groups is 2. The van der Waals surface area contributed by atoms with Crippen molar-refractivity contribution in [2.75, 3.05) is 6.61 Å². The van der Waals surface area contributed by atoms with Crippen LogP contribution in [-0.2, 0) is 16.0 Å². The summed E-state index contributed by atoms with van der Waals surface area (Å²) in [6.45, 7) is -0.300. The summed E-state index contributed by atoms with van der Waals surface area (Å²) in [5, 5.41) is 17.0. The molecule has 2 bridgehead atoms. The van der Waals surface area contributed by atoms with Crippen molar-refractivity contribution in [1.29, 1.82) is 0 Å². The summed E-state index contributed by atoms with van der Waals surface area (Å²) < 4.78 is 38.2. The highest BCUT2D eigenvalue weighted by Crippen LogP contribution is 2.47. The van der Waals surface area contributed by atoms with E-state index in [0.717, 1.165) is 11.6 Å². The number of aliphatic hydroxyl groups is 1. The lowest BCUT2D eigenvalue weighted by Crippen LogP contribution is -2.71. The first-order valence-corrected chi connectivity index (χ1v) is 12.4. The molecule has 0 aromatic heterocycles. The average Bonchev–Trinajstić information content (AvgIpc) is 2.85. The highest BCUT2D eigenvalue weighted by atomic mass is 35.5. The molecule has 0 saturated heterocycles. The number of benzene rings is 2. The standard InChI is InChI=1S/C26H27ClF2N2O5/c27-18-4-3-17(12-19(18)29)35-14-23(33)30-25-7-9-26(10-8-25,22(32)13-25)31-24(34)21-5-1-15-11-16(28)2-6-20(15)36-21/h2-4,6,11-12,21-22,32H,1,5,7-10,13-14H2,(H,30,33)(H,31,34)/t21?,22-,25?,26?/m0/s1. The van der Waals surface area contributed by atoms with E-state index in [9.17, 15) is 23.5 Å². The van der Waals surface area contributed by atoms with Crippen molar-refractivity contribution in [3.8, 4) is 11.5 Å². The molecule has 1 heterocycles. The molecule has 2 atom stereocenters. The van der Waals surface area contributed by atoms with E-state index in [0.29, 0.717) is 50.7 Å². The topological polar surface area (TPSA) is 96.9 Å². The fourth-order valence-electron chi connectivity index (χ4n) is 5.58. The zero-order chi connectivity index (χ0) is 25.5. The first-order chi connectivity index (χ1) is 17.2. The Morgan fingerprint density at radius 3 is 2.61 bits per heavy atom. The summed E-state index contributed by atoms with van der Waals surface area (Å²) in [5.74, 6) is -0.957. The third-order valence-electron chi connectivity index (χ3n) is 7.62. The molecule has 3 fully saturated rings. The van der Waals surface area contributed by atoms with E-state index >= 15 is 0 Å². The fraction of sp³-hybridized carbons (Fsp3) is 0.462. The van der Waals surface area contributed by atoms with Gasteiger partial charge in [-0.25, -0.2) is 8.78 Å². The highest BCUT2D eigenvalue weighted by Gasteiger charge is 2.55. The van der Waals surface area contributed by atoms with Gasteiger partial charge in [0.1, 0.15) is 23.1 Å². The molecule has 6 rings (SSSR count). The Morgan fingerprint density at radius 2 is 1.89 bits per heavy atom. The molecule has 4 aliphatic rings. The number of aliphatic hydroxyl groups excluding tert-OH is 1. The summed E-state index contributed by atoms with van der Waals surface area (Å²) in [6, 6.07) is 8.20. The summed E-state index contributed by atoms with van der Waals surface area (Å²) in [6.07, 6.45) is 1.84. The van der Waals surface area contributed by atoms with E-state index in [2.05, 4.69) is 10.6 Å². The largest absolute Gasteiger partial charge is 0.484 e. The first-order valence-electron chi connectivity index (χ1n) is 12.0. The molecular weight excluding hydrogens is 494 g/mol. The van der Waals surface area contributed by atoms with E-state index in [1.165, 1.54) is 30.3 Å². The summed E-state index contributed by atoms with van der Waals surface area (Å²) in [4.78, 5) is 25.6. The maximum absolute atomic E-state index is 13.6. The first kappa shape index (κ1) is 24.8. The van der Waals surface area contributed by atoms with Crippen LogP contribution in [0, 0.1) is 11.6 Å². The molecule has 7 nitrogen and oxygen atoms in total. The van der Waals surface area contributed by atoms with Crippen LogP contribution in [0.15, 0.2) is 36.4 Å². The quantitative estimate of drug-likeness (QED) is 0.542. The third kappa shape index (κ3) is 4.86. The van der Waals surface area contributed by atoms with E-state index in [4.69, 9.17) is 21.1 Å². The van der Waals surface area contributed by atoms with Crippen molar-refractivity contribution in [3.63, 3.8) is 0 Å². The lowest BCUT2D eigenvalue weighted by atomic mass is 9.59. The van der Waals surface area contributed by atoms with Gasteiger partial charge in [0.2, 0.25) is 0 Å². The van der Waals surface area contributed by atoms with Crippen LogP contribution in [0.25, 0.3) is 0 Å². The van der Waals surface area contributed by atoms with Crippen LogP contribution in [0.4, 0.5) is 8.78 Å². The van der Waals surface area contributed by atoms with Crippen LogP contribution in [-0.4, -0.2) is 46.8 Å². The Hall–Kier alpha value is -2.91. The number of ether oxygens (including phenoxy) is 2. The number of amides is 2. The summed E-state index contributed by atoms with van der Waals surface area (Å²) >= 11 is 5.66. The van der Waals surface area contributed by atoms with Gasteiger partial charge in [-0.3, -0.25) is 9.59 Å². The van der Waals surface area contributed by atoms with E-state index in [-0.39, 0.29) is 35.0 Å². The molecule has 0 radical (unpaired) electrons. The average molecular weight is 521 g/mol. The molecule has 3 saturated carbocycles. The molecule has 1 unspecified atom stereocenters. The van der Waals surface area contributed by atoms with Crippen LogP contribution in [0.3, 0.4) is 0 Å². The van der Waals surface area contributed by atoms with E-state index in [1.54, 1.807) is 0 Å². The zero-order valence-corrected chi connectivity index (χ0v) is 20.2. The second-order valence-corrected chi connectivity index (χ2v) is 10.4. The smallest absolute Gasteiger partial charge is 0.261 e. The third-order valence-corrected chi connectivity index (χ3v) is 7.93. The molecule has 0 spiro atoms. The van der Waals surface area contributed by atoms with Gasteiger partial charge in [-0.05, 0) is 80.8 Å². The van der Waals surface area contributed by atoms with Gasteiger partial charge in [0, 0.05) is 11.6 Å². The van der Waals surface area contributed by atoms with E-state index < -0.39 is 29.1 Å². The Labute approximate surface area is 212 Å². The SMILES string of the molecule is O=C(COc1ccc(Cl)c(F)c1)NC12CCC(NC(=O)C3CCc4cc(F)ccc4O3)(CC1)[C@@H](O)C2. The molecule has 192 valence electrons. The van der Waals surface area contributed by atoms with Gasteiger partial charge >= 0.3 is 0 Å². The van der Waals surface area contributed by atoms with Gasteiger partial charge < -0.3 is 25.2 Å². The summed E-state index contributed by atoms with van der Waals surface area (Å²) in [7, 11) is 0. The maximum atomic E-state index is 13.6. The van der Waals surface area contributed by atoms with Crippen LogP contribution >= 0.6 is 11.6 Å². The van der Waals surface area contributed by atoms with Crippen molar-refractivity contribution in [3.05, 3.63) is 58.6 Å². The minimum Gasteiger partial charge on any atom is -0.484 e. The lowest BCUT2D eigenvalue weighted by Gasteiger charge is -2.56. The minimum absolute atomic E-state index is 0.0325. The number of fused-ring (bicyclic) bond motifs is 4. The van der Waals surface area contributed by atoms with Crippen LogP contribution in [0.2, 0.25) is 5.02 Å². The van der Waals surface area contributed by atoms with E-state index in [1.807, 2.05) is 0 Å². The number of aryl methyl sites for hydroxylation is 1. The van der Waals surface area contributed by atoms with Gasteiger partial charge in [0.25, 0.3) is 11.8 Å². The molecular formula is C26H27ClF2N2O5. The molecule has 2 aromatic rings. The molecule has 3 N–H and O–H groups in total. The van der Waals surface area contributed by atoms with Crippen LogP contribution < -0.4 is 20.1 Å². The summed E-state index contributed by atoms with van der Waals surface area (Å²) in [5.41, 5.74) is -0.645. The number of hydrogen-bond donors (Lipinski definition) is 3. The Kier molecular flexibility index (Phi) is 6.55. The van der Waals surface area contributed by atoms with Gasteiger partial charge in [-0.15, -0.1) is 0 Å².